The van der Waals surface area contributed by atoms with Crippen molar-refractivity contribution >= 4 is 23.5 Å². The van der Waals surface area contributed by atoms with E-state index in [2.05, 4.69) is 25.5 Å². The molecule has 0 radical (unpaired) electrons. The minimum Gasteiger partial charge on any atom is -0.373 e. The first-order valence-electron chi connectivity index (χ1n) is 7.02. The van der Waals surface area contributed by atoms with E-state index < -0.39 is 0 Å². The van der Waals surface area contributed by atoms with E-state index in [-0.39, 0.29) is 11.9 Å². The monoisotopic (exact) mass is 276 g/mol. The molecule has 3 heterocycles. The lowest BCUT2D eigenvalue weighted by atomic mass is 9.85. The van der Waals surface area contributed by atoms with Crippen LogP contribution in [0.5, 0.6) is 0 Å². The van der Waals surface area contributed by atoms with Crippen LogP contribution in [0.25, 0.3) is 0 Å². The van der Waals surface area contributed by atoms with E-state index in [1.54, 1.807) is 0 Å². The van der Waals surface area contributed by atoms with Crippen LogP contribution >= 0.6 is 0 Å². The second-order valence-electron chi connectivity index (χ2n) is 5.43. The third kappa shape index (κ3) is 2.48. The van der Waals surface area contributed by atoms with E-state index >= 15 is 0 Å². The number of amides is 1. The number of hydrogen-bond donors (Lipinski definition) is 3. The molecule has 4 N–H and O–H groups in total. The molecular weight excluding hydrogens is 256 g/mol. The Hall–Kier alpha value is -2.05. The highest BCUT2D eigenvalue weighted by molar-refractivity contribution is 5.77. The Labute approximate surface area is 118 Å². The van der Waals surface area contributed by atoms with Crippen molar-refractivity contribution in [2.24, 2.45) is 5.92 Å². The fraction of sp³-hybridized carbons (Fsp3) is 0.615. The number of anilines is 3. The Morgan fingerprint density at radius 3 is 3.10 bits per heavy atom. The van der Waals surface area contributed by atoms with Gasteiger partial charge in [0.2, 0.25) is 11.9 Å². The highest BCUT2D eigenvalue weighted by atomic mass is 16.1. The zero-order valence-corrected chi connectivity index (χ0v) is 11.6. The molecule has 0 bridgehead atoms. The molecule has 1 aromatic rings. The topological polar surface area (TPSA) is 96.2 Å². The lowest BCUT2D eigenvalue weighted by Gasteiger charge is -2.41. The standard InChI is InChI=1S/C13H20N6O/c1-15-10-6-11(18-13(14)17-10)19-5-4-9-8(7-19)2-3-12(20)16-9/h6,8-9H,2-5,7H2,1H3,(H,16,20)(H3,14,15,17,18). The fourth-order valence-corrected chi connectivity index (χ4v) is 3.06. The Morgan fingerprint density at radius 2 is 2.30 bits per heavy atom. The van der Waals surface area contributed by atoms with E-state index in [0.717, 1.165) is 37.6 Å². The zero-order valence-electron chi connectivity index (χ0n) is 11.6. The van der Waals surface area contributed by atoms with Gasteiger partial charge in [-0.15, -0.1) is 0 Å². The molecular formula is C13H20N6O. The molecule has 0 aromatic carbocycles. The highest BCUT2D eigenvalue weighted by Gasteiger charge is 2.34. The summed E-state index contributed by atoms with van der Waals surface area (Å²) in [5, 5.41) is 6.08. The molecule has 20 heavy (non-hydrogen) atoms. The molecule has 1 aromatic heterocycles. The Morgan fingerprint density at radius 1 is 1.45 bits per heavy atom. The number of fused-ring (bicyclic) bond motifs is 1. The van der Waals surface area contributed by atoms with Gasteiger partial charge in [0.15, 0.2) is 0 Å². The molecule has 2 atom stereocenters. The number of aromatic nitrogens is 2. The second kappa shape index (κ2) is 5.15. The summed E-state index contributed by atoms with van der Waals surface area (Å²) in [6, 6.07) is 2.23. The molecule has 7 nitrogen and oxygen atoms in total. The van der Waals surface area contributed by atoms with E-state index in [0.29, 0.717) is 18.4 Å². The number of carbonyl (C=O) groups is 1. The lowest BCUT2D eigenvalue weighted by Crippen LogP contribution is -2.54. The number of hydrogen-bond acceptors (Lipinski definition) is 6. The maximum atomic E-state index is 11.4. The van der Waals surface area contributed by atoms with Gasteiger partial charge in [-0.25, -0.2) is 0 Å². The van der Waals surface area contributed by atoms with Crippen LogP contribution < -0.4 is 21.3 Å². The van der Waals surface area contributed by atoms with Crippen LogP contribution in [0.3, 0.4) is 0 Å². The molecule has 0 aliphatic carbocycles. The smallest absolute Gasteiger partial charge is 0.223 e. The van der Waals surface area contributed by atoms with Gasteiger partial charge in [-0.2, -0.15) is 9.97 Å². The molecule has 2 aliphatic rings. The Bertz CT molecular complexity index is 520. The van der Waals surface area contributed by atoms with E-state index in [9.17, 15) is 4.79 Å². The summed E-state index contributed by atoms with van der Waals surface area (Å²) in [4.78, 5) is 22.1. The minimum atomic E-state index is 0.184. The van der Waals surface area contributed by atoms with Crippen LogP contribution in [0.2, 0.25) is 0 Å². The minimum absolute atomic E-state index is 0.184. The molecule has 2 fully saturated rings. The number of nitrogens with one attached hydrogen (secondary N) is 2. The number of nitrogens with two attached hydrogens (primary N) is 1. The predicted octanol–water partition coefficient (Wildman–Crippen LogP) is 0.205. The molecule has 108 valence electrons. The van der Waals surface area contributed by atoms with Crippen molar-refractivity contribution < 1.29 is 4.79 Å². The van der Waals surface area contributed by atoms with Gasteiger partial charge in [0.05, 0.1) is 0 Å². The average molecular weight is 276 g/mol. The van der Waals surface area contributed by atoms with Crippen LogP contribution in [0.15, 0.2) is 6.07 Å². The van der Waals surface area contributed by atoms with E-state index in [1.807, 2.05) is 13.1 Å². The fourth-order valence-electron chi connectivity index (χ4n) is 3.06. The van der Waals surface area contributed by atoms with Gasteiger partial charge in [-0.05, 0) is 18.8 Å². The van der Waals surface area contributed by atoms with E-state index in [1.165, 1.54) is 0 Å². The number of nitrogen functional groups attached to an aromatic ring is 1. The van der Waals surface area contributed by atoms with Crippen molar-refractivity contribution in [2.45, 2.75) is 25.3 Å². The van der Waals surface area contributed by atoms with Crippen molar-refractivity contribution in [1.82, 2.24) is 15.3 Å². The summed E-state index contributed by atoms with van der Waals surface area (Å²) in [6.45, 7) is 1.78. The van der Waals surface area contributed by atoms with Crippen molar-refractivity contribution in [1.29, 1.82) is 0 Å². The molecule has 2 unspecified atom stereocenters. The zero-order chi connectivity index (χ0) is 14.1. The summed E-state index contributed by atoms with van der Waals surface area (Å²) >= 11 is 0. The summed E-state index contributed by atoms with van der Waals surface area (Å²) in [7, 11) is 1.81. The van der Waals surface area contributed by atoms with Crippen molar-refractivity contribution in [2.75, 3.05) is 36.1 Å². The molecule has 3 rings (SSSR count). The first kappa shape index (κ1) is 13.0. The predicted molar refractivity (Wildman–Crippen MR) is 77.5 cm³/mol. The van der Waals surface area contributed by atoms with Crippen molar-refractivity contribution in [3.05, 3.63) is 6.07 Å². The molecule has 0 spiro atoms. The summed E-state index contributed by atoms with van der Waals surface area (Å²) in [6.07, 6.45) is 2.53. The van der Waals surface area contributed by atoms with Gasteiger partial charge in [-0.3, -0.25) is 4.79 Å². The molecule has 0 saturated carbocycles. The van der Waals surface area contributed by atoms with Gasteiger partial charge in [0.25, 0.3) is 0 Å². The number of piperidine rings is 2. The van der Waals surface area contributed by atoms with E-state index in [4.69, 9.17) is 5.73 Å². The van der Waals surface area contributed by atoms with Gasteiger partial charge in [-0.1, -0.05) is 0 Å². The number of carbonyl (C=O) groups excluding carboxylic acids is 1. The van der Waals surface area contributed by atoms with Gasteiger partial charge in [0.1, 0.15) is 11.6 Å². The van der Waals surface area contributed by atoms with Gasteiger partial charge in [0, 0.05) is 38.7 Å². The van der Waals surface area contributed by atoms with Crippen molar-refractivity contribution in [3.63, 3.8) is 0 Å². The SMILES string of the molecule is CNc1cc(N2CCC3NC(=O)CCC3C2)nc(N)n1. The Balaban J connectivity index is 1.76. The maximum absolute atomic E-state index is 11.4. The Kier molecular flexibility index (Phi) is 3.33. The third-order valence-electron chi connectivity index (χ3n) is 4.13. The molecule has 2 saturated heterocycles. The lowest BCUT2D eigenvalue weighted by molar-refractivity contribution is -0.124. The molecule has 1 amide bonds. The second-order valence-corrected chi connectivity index (χ2v) is 5.43. The summed E-state index contributed by atoms with van der Waals surface area (Å²) in [5.74, 6) is 2.55. The van der Waals surface area contributed by atoms with Crippen LogP contribution in [-0.2, 0) is 4.79 Å². The quantitative estimate of drug-likeness (QED) is 0.714. The van der Waals surface area contributed by atoms with Gasteiger partial charge < -0.3 is 21.3 Å². The third-order valence-corrected chi connectivity index (χ3v) is 4.13. The number of nitrogens with zero attached hydrogens (tertiary/aromatic N) is 3. The van der Waals surface area contributed by atoms with Crippen molar-refractivity contribution in [3.8, 4) is 0 Å². The summed E-state index contributed by atoms with van der Waals surface area (Å²) < 4.78 is 0. The first-order chi connectivity index (χ1) is 9.65. The molecule has 7 heteroatoms. The molecule has 2 aliphatic heterocycles. The van der Waals surface area contributed by atoms with Crippen LogP contribution in [0, 0.1) is 5.92 Å². The highest BCUT2D eigenvalue weighted by Crippen LogP contribution is 2.28. The normalized spacial score (nSPS) is 25.9. The maximum Gasteiger partial charge on any atom is 0.223 e. The largest absolute Gasteiger partial charge is 0.373 e. The van der Waals surface area contributed by atoms with Crippen LogP contribution in [-0.4, -0.2) is 42.1 Å². The van der Waals surface area contributed by atoms with Crippen LogP contribution in [0.4, 0.5) is 17.6 Å². The first-order valence-corrected chi connectivity index (χ1v) is 7.02. The van der Waals surface area contributed by atoms with Crippen LogP contribution in [0.1, 0.15) is 19.3 Å². The van der Waals surface area contributed by atoms with Gasteiger partial charge >= 0.3 is 0 Å². The number of rotatable bonds is 2. The average Bonchev–Trinajstić information content (AvgIpc) is 2.46. The summed E-state index contributed by atoms with van der Waals surface area (Å²) in [5.41, 5.74) is 5.75.